The van der Waals surface area contributed by atoms with Crippen molar-refractivity contribution in [1.82, 2.24) is 0 Å². The summed E-state index contributed by atoms with van der Waals surface area (Å²) in [6.07, 6.45) is 1.35. The first-order valence-electron chi connectivity index (χ1n) is 4.86. The van der Waals surface area contributed by atoms with Crippen LogP contribution in [0.1, 0.15) is 12.8 Å². The molecule has 1 aliphatic rings. The van der Waals surface area contributed by atoms with Crippen LogP contribution in [0.2, 0.25) is 0 Å². The Morgan fingerprint density at radius 1 is 1.19 bits per heavy atom. The van der Waals surface area contributed by atoms with Crippen LogP contribution in [0.3, 0.4) is 0 Å². The molecule has 5 nitrogen and oxygen atoms in total. The van der Waals surface area contributed by atoms with E-state index in [1.165, 1.54) is 24.3 Å². The fraction of sp³-hybridized carbons (Fsp3) is 0.300. The number of benzene rings is 1. The van der Waals surface area contributed by atoms with Crippen molar-refractivity contribution in [1.29, 1.82) is 0 Å². The molecule has 6 heteroatoms. The highest BCUT2D eigenvalue weighted by atomic mass is 32.2. The van der Waals surface area contributed by atoms with E-state index in [9.17, 15) is 13.2 Å². The molecule has 0 saturated carbocycles. The second-order valence-electron chi connectivity index (χ2n) is 3.62. The van der Waals surface area contributed by atoms with E-state index in [4.69, 9.17) is 4.55 Å². The van der Waals surface area contributed by atoms with Gasteiger partial charge in [-0.1, -0.05) is 0 Å². The molecule has 16 heavy (non-hydrogen) atoms. The molecule has 1 aliphatic heterocycles. The summed E-state index contributed by atoms with van der Waals surface area (Å²) in [7, 11) is -4.16. The van der Waals surface area contributed by atoms with Crippen molar-refractivity contribution >= 4 is 21.7 Å². The molecular formula is C10H11NO4S. The van der Waals surface area contributed by atoms with Crippen LogP contribution in [0, 0.1) is 0 Å². The molecule has 0 unspecified atom stereocenters. The van der Waals surface area contributed by atoms with Crippen molar-refractivity contribution in [2.75, 3.05) is 11.4 Å². The Morgan fingerprint density at radius 2 is 1.81 bits per heavy atom. The standard InChI is InChI=1S/C10H11NO4S/c12-10-2-1-7-11(10)8-3-5-9(6-4-8)16(13,14)15/h3-6H,1-2,7H2,(H,13,14,15). The van der Waals surface area contributed by atoms with E-state index in [-0.39, 0.29) is 10.8 Å². The molecule has 1 aromatic rings. The molecule has 0 spiro atoms. The molecule has 1 saturated heterocycles. The van der Waals surface area contributed by atoms with Crippen molar-refractivity contribution < 1.29 is 17.8 Å². The van der Waals surface area contributed by atoms with Gasteiger partial charge in [-0.15, -0.1) is 0 Å². The maximum Gasteiger partial charge on any atom is 0.294 e. The summed E-state index contributed by atoms with van der Waals surface area (Å²) in [6, 6.07) is 5.62. The van der Waals surface area contributed by atoms with Gasteiger partial charge in [-0.2, -0.15) is 8.42 Å². The number of hydrogen-bond acceptors (Lipinski definition) is 3. The Labute approximate surface area is 93.4 Å². The number of hydrogen-bond donors (Lipinski definition) is 1. The van der Waals surface area contributed by atoms with Crippen LogP contribution < -0.4 is 4.90 Å². The van der Waals surface area contributed by atoms with Crippen LogP contribution in [0.25, 0.3) is 0 Å². The molecule has 1 N–H and O–H groups in total. The summed E-state index contributed by atoms with van der Waals surface area (Å²) in [5.41, 5.74) is 0.662. The first kappa shape index (κ1) is 11.1. The quantitative estimate of drug-likeness (QED) is 0.786. The van der Waals surface area contributed by atoms with Gasteiger partial charge in [0.1, 0.15) is 0 Å². The van der Waals surface area contributed by atoms with Crippen LogP contribution in [-0.4, -0.2) is 25.4 Å². The van der Waals surface area contributed by atoms with Crippen LogP contribution in [-0.2, 0) is 14.9 Å². The molecule has 1 aromatic carbocycles. The highest BCUT2D eigenvalue weighted by molar-refractivity contribution is 7.85. The summed E-state index contributed by atoms with van der Waals surface area (Å²) >= 11 is 0. The summed E-state index contributed by atoms with van der Waals surface area (Å²) in [6.45, 7) is 0.657. The highest BCUT2D eigenvalue weighted by Gasteiger charge is 2.21. The highest BCUT2D eigenvalue weighted by Crippen LogP contribution is 2.22. The second kappa shape index (κ2) is 3.88. The maximum atomic E-state index is 11.4. The minimum absolute atomic E-state index is 0.0413. The average molecular weight is 241 g/mol. The number of carbonyl (C=O) groups excluding carboxylic acids is 1. The van der Waals surface area contributed by atoms with Crippen LogP contribution in [0.4, 0.5) is 5.69 Å². The third-order valence-corrected chi connectivity index (χ3v) is 3.39. The zero-order valence-electron chi connectivity index (χ0n) is 8.46. The van der Waals surface area contributed by atoms with Gasteiger partial charge in [-0.25, -0.2) is 0 Å². The number of carbonyl (C=O) groups is 1. The monoisotopic (exact) mass is 241 g/mol. The Bertz CT molecular complexity index is 506. The molecule has 0 aliphatic carbocycles. The largest absolute Gasteiger partial charge is 0.312 e. The van der Waals surface area contributed by atoms with E-state index < -0.39 is 10.1 Å². The zero-order valence-corrected chi connectivity index (χ0v) is 9.27. The molecule has 1 heterocycles. The normalized spacial score (nSPS) is 16.8. The zero-order chi connectivity index (χ0) is 11.8. The van der Waals surface area contributed by atoms with Gasteiger partial charge in [0, 0.05) is 18.7 Å². The number of rotatable bonds is 2. The van der Waals surface area contributed by atoms with Gasteiger partial charge in [0.05, 0.1) is 4.90 Å². The van der Waals surface area contributed by atoms with Crippen molar-refractivity contribution in [2.24, 2.45) is 0 Å². The summed E-state index contributed by atoms with van der Waals surface area (Å²) in [5, 5.41) is 0. The lowest BCUT2D eigenvalue weighted by Crippen LogP contribution is -2.23. The van der Waals surface area contributed by atoms with Gasteiger partial charge >= 0.3 is 0 Å². The number of anilines is 1. The van der Waals surface area contributed by atoms with Gasteiger partial charge in [0.25, 0.3) is 10.1 Å². The van der Waals surface area contributed by atoms with Gasteiger partial charge in [0.15, 0.2) is 0 Å². The second-order valence-corrected chi connectivity index (χ2v) is 5.04. The molecular weight excluding hydrogens is 230 g/mol. The Kier molecular flexibility index (Phi) is 2.69. The summed E-state index contributed by atoms with van der Waals surface area (Å²) in [5.74, 6) is 0.0413. The molecule has 0 atom stereocenters. The van der Waals surface area contributed by atoms with Crippen molar-refractivity contribution in [3.8, 4) is 0 Å². The van der Waals surface area contributed by atoms with E-state index in [0.29, 0.717) is 18.7 Å². The lowest BCUT2D eigenvalue weighted by atomic mass is 10.3. The Hall–Kier alpha value is -1.40. The topological polar surface area (TPSA) is 74.7 Å². The van der Waals surface area contributed by atoms with E-state index in [1.54, 1.807) is 4.90 Å². The molecule has 0 radical (unpaired) electrons. The summed E-state index contributed by atoms with van der Waals surface area (Å²) < 4.78 is 30.4. The summed E-state index contributed by atoms with van der Waals surface area (Å²) in [4.78, 5) is 12.9. The minimum atomic E-state index is -4.16. The first-order valence-corrected chi connectivity index (χ1v) is 6.30. The number of nitrogens with zero attached hydrogens (tertiary/aromatic N) is 1. The third kappa shape index (κ3) is 2.07. The number of amides is 1. The van der Waals surface area contributed by atoms with Crippen LogP contribution in [0.5, 0.6) is 0 Å². The van der Waals surface area contributed by atoms with E-state index in [1.807, 2.05) is 0 Å². The van der Waals surface area contributed by atoms with Crippen LogP contribution >= 0.6 is 0 Å². The minimum Gasteiger partial charge on any atom is -0.312 e. The van der Waals surface area contributed by atoms with Crippen molar-refractivity contribution in [3.05, 3.63) is 24.3 Å². The third-order valence-electron chi connectivity index (χ3n) is 2.52. The molecule has 1 fully saturated rings. The molecule has 1 amide bonds. The van der Waals surface area contributed by atoms with E-state index in [0.717, 1.165) is 6.42 Å². The van der Waals surface area contributed by atoms with Crippen molar-refractivity contribution in [3.63, 3.8) is 0 Å². The van der Waals surface area contributed by atoms with Crippen molar-refractivity contribution in [2.45, 2.75) is 17.7 Å². The van der Waals surface area contributed by atoms with Gasteiger partial charge in [-0.05, 0) is 30.7 Å². The maximum absolute atomic E-state index is 11.4. The predicted molar refractivity (Wildman–Crippen MR) is 57.8 cm³/mol. The molecule has 86 valence electrons. The Balaban J connectivity index is 2.29. The van der Waals surface area contributed by atoms with Gasteiger partial charge < -0.3 is 4.90 Å². The molecule has 0 bridgehead atoms. The lowest BCUT2D eigenvalue weighted by molar-refractivity contribution is -0.117. The molecule has 2 rings (SSSR count). The Morgan fingerprint density at radius 3 is 2.25 bits per heavy atom. The van der Waals surface area contributed by atoms with E-state index in [2.05, 4.69) is 0 Å². The smallest absolute Gasteiger partial charge is 0.294 e. The van der Waals surface area contributed by atoms with Crippen LogP contribution in [0.15, 0.2) is 29.2 Å². The fourth-order valence-electron chi connectivity index (χ4n) is 1.72. The van der Waals surface area contributed by atoms with Gasteiger partial charge in [0.2, 0.25) is 5.91 Å². The predicted octanol–water partition coefficient (Wildman–Crippen LogP) is 1.06. The molecule has 0 aromatic heterocycles. The van der Waals surface area contributed by atoms with Gasteiger partial charge in [-0.3, -0.25) is 9.35 Å². The fourth-order valence-corrected chi connectivity index (χ4v) is 2.20. The average Bonchev–Trinajstić information content (AvgIpc) is 2.63. The SMILES string of the molecule is O=C1CCCN1c1ccc(S(=O)(=O)O)cc1. The lowest BCUT2D eigenvalue weighted by Gasteiger charge is -2.15. The van der Waals surface area contributed by atoms with E-state index >= 15 is 0 Å². The first-order chi connectivity index (χ1) is 7.48.